The minimum atomic E-state index is -3.64. The number of aryl methyl sites for hydroxylation is 1. The van der Waals surface area contributed by atoms with Crippen molar-refractivity contribution in [3.8, 4) is 0 Å². The minimum Gasteiger partial charge on any atom is -0.293 e. The molecule has 0 saturated heterocycles. The smallest absolute Gasteiger partial charge is 0.186 e. The van der Waals surface area contributed by atoms with Gasteiger partial charge in [-0.15, -0.1) is 0 Å². The first-order valence-electron chi connectivity index (χ1n) is 5.97. The maximum atomic E-state index is 12.3. The first-order chi connectivity index (χ1) is 9.40. The summed E-state index contributed by atoms with van der Waals surface area (Å²) in [6.07, 6.45) is 0. The third-order valence-electron chi connectivity index (χ3n) is 2.90. The van der Waals surface area contributed by atoms with E-state index in [1.165, 1.54) is 12.1 Å². The molecule has 0 aromatic heterocycles. The van der Waals surface area contributed by atoms with Crippen LogP contribution in [0.4, 0.5) is 0 Å². The fourth-order valence-electron chi connectivity index (χ4n) is 1.90. The molecule has 2 rings (SSSR count). The van der Waals surface area contributed by atoms with E-state index in [4.69, 9.17) is 11.6 Å². The van der Waals surface area contributed by atoms with Gasteiger partial charge in [0.25, 0.3) is 0 Å². The Labute approximate surface area is 123 Å². The van der Waals surface area contributed by atoms with E-state index < -0.39 is 21.4 Å². The van der Waals surface area contributed by atoms with E-state index in [1.807, 2.05) is 0 Å². The van der Waals surface area contributed by atoms with Crippen LogP contribution in [0, 0.1) is 6.92 Å². The lowest BCUT2D eigenvalue weighted by molar-refractivity contribution is 0.102. The predicted molar refractivity (Wildman–Crippen MR) is 79.0 cm³/mol. The number of carbonyl (C=O) groups is 1. The second-order valence-electron chi connectivity index (χ2n) is 4.46. The van der Waals surface area contributed by atoms with Crippen molar-refractivity contribution in [2.45, 2.75) is 11.8 Å². The molecule has 0 aliphatic heterocycles. The second-order valence-corrected chi connectivity index (χ2v) is 6.85. The Morgan fingerprint density at radius 2 is 1.80 bits per heavy atom. The summed E-state index contributed by atoms with van der Waals surface area (Å²) in [6, 6.07) is 12.9. The molecule has 104 valence electrons. The highest BCUT2D eigenvalue weighted by Crippen LogP contribution is 2.18. The molecular weight excluding hydrogens is 296 g/mol. The summed E-state index contributed by atoms with van der Waals surface area (Å²) >= 11 is 5.80. The summed E-state index contributed by atoms with van der Waals surface area (Å²) in [6.45, 7) is 1.71. The molecule has 5 heteroatoms. The van der Waals surface area contributed by atoms with Crippen molar-refractivity contribution in [3.05, 3.63) is 64.7 Å². The van der Waals surface area contributed by atoms with Gasteiger partial charge in [0.05, 0.1) is 4.90 Å². The summed E-state index contributed by atoms with van der Waals surface area (Å²) in [5.41, 5.74) is 0.932. The number of rotatable bonds is 4. The van der Waals surface area contributed by atoms with Gasteiger partial charge in [0.1, 0.15) is 5.75 Å². The van der Waals surface area contributed by atoms with Crippen LogP contribution in [0.5, 0.6) is 0 Å². The maximum absolute atomic E-state index is 12.3. The van der Waals surface area contributed by atoms with E-state index in [9.17, 15) is 13.2 Å². The molecule has 20 heavy (non-hydrogen) atoms. The average molecular weight is 309 g/mol. The van der Waals surface area contributed by atoms with Crippen LogP contribution in [0.3, 0.4) is 0 Å². The third-order valence-corrected chi connectivity index (χ3v) is 4.90. The van der Waals surface area contributed by atoms with Crippen LogP contribution < -0.4 is 0 Å². The Kier molecular flexibility index (Phi) is 4.26. The Balaban J connectivity index is 2.30. The highest BCUT2D eigenvalue weighted by Gasteiger charge is 2.21. The van der Waals surface area contributed by atoms with Gasteiger partial charge >= 0.3 is 0 Å². The number of sulfone groups is 1. The Morgan fingerprint density at radius 1 is 1.10 bits per heavy atom. The molecule has 0 spiro atoms. The molecule has 0 unspecified atom stereocenters. The average Bonchev–Trinajstić information content (AvgIpc) is 2.38. The topological polar surface area (TPSA) is 51.2 Å². The van der Waals surface area contributed by atoms with Crippen LogP contribution in [0.15, 0.2) is 53.4 Å². The van der Waals surface area contributed by atoms with Crippen LogP contribution in [0.25, 0.3) is 0 Å². The fourth-order valence-corrected chi connectivity index (χ4v) is 3.60. The standard InChI is InChI=1S/C15H13ClO3S/c1-11-5-2-3-8-15(11)20(18,19)10-14(17)12-6-4-7-13(16)9-12/h2-9H,10H2,1H3. The lowest BCUT2D eigenvalue weighted by Gasteiger charge is -2.07. The molecule has 0 aliphatic carbocycles. The maximum Gasteiger partial charge on any atom is 0.186 e. The fraction of sp³-hybridized carbons (Fsp3) is 0.133. The Hall–Kier alpha value is -1.65. The number of halogens is 1. The summed E-state index contributed by atoms with van der Waals surface area (Å²) in [5.74, 6) is -1.02. The SMILES string of the molecule is Cc1ccccc1S(=O)(=O)CC(=O)c1cccc(Cl)c1. The summed E-state index contributed by atoms with van der Waals surface area (Å²) in [4.78, 5) is 12.2. The first-order valence-corrected chi connectivity index (χ1v) is 8.00. The highest BCUT2D eigenvalue weighted by atomic mass is 35.5. The van der Waals surface area contributed by atoms with Crippen molar-refractivity contribution in [2.75, 3.05) is 5.75 Å². The van der Waals surface area contributed by atoms with Gasteiger partial charge in [-0.1, -0.05) is 41.9 Å². The van der Waals surface area contributed by atoms with Crippen LogP contribution >= 0.6 is 11.6 Å². The summed E-state index contributed by atoms with van der Waals surface area (Å²) in [7, 11) is -3.64. The third kappa shape index (κ3) is 3.26. The Bertz CT molecular complexity index is 751. The zero-order chi connectivity index (χ0) is 14.8. The second kappa shape index (κ2) is 5.77. The van der Waals surface area contributed by atoms with Gasteiger partial charge in [-0.05, 0) is 30.7 Å². The van der Waals surface area contributed by atoms with Gasteiger partial charge < -0.3 is 0 Å². The lowest BCUT2D eigenvalue weighted by atomic mass is 10.1. The Morgan fingerprint density at radius 3 is 2.45 bits per heavy atom. The zero-order valence-electron chi connectivity index (χ0n) is 10.8. The van der Waals surface area contributed by atoms with E-state index in [1.54, 1.807) is 43.3 Å². The van der Waals surface area contributed by atoms with Gasteiger partial charge in [-0.3, -0.25) is 4.79 Å². The van der Waals surface area contributed by atoms with Crippen LogP contribution in [-0.2, 0) is 9.84 Å². The van der Waals surface area contributed by atoms with Crippen LogP contribution in [0.1, 0.15) is 15.9 Å². The highest BCUT2D eigenvalue weighted by molar-refractivity contribution is 7.92. The van der Waals surface area contributed by atoms with Gasteiger partial charge in [0.2, 0.25) is 0 Å². The number of hydrogen-bond acceptors (Lipinski definition) is 3. The number of carbonyl (C=O) groups excluding carboxylic acids is 1. The molecule has 0 aliphatic rings. The molecule has 2 aromatic rings. The van der Waals surface area contributed by atoms with Gasteiger partial charge in [0.15, 0.2) is 15.6 Å². The molecule has 0 radical (unpaired) electrons. The lowest BCUT2D eigenvalue weighted by Crippen LogP contribution is -2.17. The van der Waals surface area contributed by atoms with E-state index in [-0.39, 0.29) is 4.90 Å². The van der Waals surface area contributed by atoms with Crippen molar-refractivity contribution in [3.63, 3.8) is 0 Å². The molecular formula is C15H13ClO3S. The van der Waals surface area contributed by atoms with Gasteiger partial charge in [-0.25, -0.2) is 8.42 Å². The van der Waals surface area contributed by atoms with Gasteiger partial charge in [-0.2, -0.15) is 0 Å². The predicted octanol–water partition coefficient (Wildman–Crippen LogP) is 3.31. The largest absolute Gasteiger partial charge is 0.293 e. The molecule has 0 heterocycles. The van der Waals surface area contributed by atoms with Crippen molar-refractivity contribution in [1.29, 1.82) is 0 Å². The first kappa shape index (κ1) is 14.8. The number of ketones is 1. The van der Waals surface area contributed by atoms with Crippen molar-refractivity contribution in [1.82, 2.24) is 0 Å². The normalized spacial score (nSPS) is 11.3. The van der Waals surface area contributed by atoms with E-state index in [0.717, 1.165) is 0 Å². The van der Waals surface area contributed by atoms with E-state index in [0.29, 0.717) is 16.1 Å². The van der Waals surface area contributed by atoms with Crippen molar-refractivity contribution in [2.24, 2.45) is 0 Å². The van der Waals surface area contributed by atoms with E-state index in [2.05, 4.69) is 0 Å². The monoisotopic (exact) mass is 308 g/mol. The van der Waals surface area contributed by atoms with Crippen LogP contribution in [-0.4, -0.2) is 20.0 Å². The molecule has 2 aromatic carbocycles. The molecule has 0 bridgehead atoms. The molecule has 3 nitrogen and oxygen atoms in total. The molecule has 0 saturated carbocycles. The summed E-state index contributed by atoms with van der Waals surface area (Å²) in [5, 5.41) is 0.407. The number of benzene rings is 2. The molecule has 0 amide bonds. The van der Waals surface area contributed by atoms with Crippen molar-refractivity contribution >= 4 is 27.2 Å². The summed E-state index contributed by atoms with van der Waals surface area (Å²) < 4.78 is 24.5. The molecule has 0 N–H and O–H groups in total. The molecule has 0 fully saturated rings. The quantitative estimate of drug-likeness (QED) is 0.814. The molecule has 0 atom stereocenters. The van der Waals surface area contributed by atoms with Gasteiger partial charge in [0, 0.05) is 10.6 Å². The van der Waals surface area contributed by atoms with Crippen molar-refractivity contribution < 1.29 is 13.2 Å². The zero-order valence-corrected chi connectivity index (χ0v) is 12.4. The minimum absolute atomic E-state index is 0.190. The number of hydrogen-bond donors (Lipinski definition) is 0. The van der Waals surface area contributed by atoms with E-state index >= 15 is 0 Å². The number of Topliss-reactive ketones (excluding diaryl/α,β-unsaturated/α-hetero) is 1. The van der Waals surface area contributed by atoms with Crippen LogP contribution in [0.2, 0.25) is 5.02 Å².